The highest BCUT2D eigenvalue weighted by Crippen LogP contribution is 2.47. The van der Waals surface area contributed by atoms with Crippen LogP contribution in [0.1, 0.15) is 177 Å². The summed E-state index contributed by atoms with van der Waals surface area (Å²) < 4.78 is 313. The Hall–Kier alpha value is -3.78. The summed E-state index contributed by atoms with van der Waals surface area (Å²) in [6.07, 6.45) is -27.9. The summed E-state index contributed by atoms with van der Waals surface area (Å²) in [5.74, 6) is -10.1. The van der Waals surface area contributed by atoms with Crippen LogP contribution in [-0.2, 0) is 19.1 Å². The standard InChI is InChI=1S/3C19H29NO3/c3*1-12(2)7-14-11-20-6-5-13-8-18(22-3)19(23-4)9-15(13)16(20)10-17(14)21/h3*8-9,12,14,16-17,21H,5-7,10-11H2,1-4H3/i4D3,5D2,6D2,8D,9D,10D2,14D,17D;2*5D2,6D2,8D,9D,10D2,14D,17D. The molecule has 9 unspecified atom stereocenters. The highest BCUT2D eigenvalue weighted by molar-refractivity contribution is 5.52. The molecule has 3 saturated heterocycles. The topological polar surface area (TPSA) is 126 Å². The van der Waals surface area contributed by atoms with E-state index in [1.54, 1.807) is 41.5 Å². The summed E-state index contributed by atoms with van der Waals surface area (Å²) in [5.41, 5.74) is -3.44. The third-order valence-electron chi connectivity index (χ3n) is 11.6. The molecular formula is C57H87N3O9. The fraction of sp³-hybridized carbons (Fsp3) is 0.684. The van der Waals surface area contributed by atoms with Crippen molar-refractivity contribution >= 4 is 0 Å². The number of nitrogens with zero attached hydrogens (tertiary/aromatic N) is 3. The van der Waals surface area contributed by atoms with Crippen molar-refractivity contribution in [3.05, 3.63) is 69.6 Å². The molecule has 0 aliphatic carbocycles. The first-order valence-electron chi connectivity index (χ1n) is 39.1. The predicted octanol–water partition coefficient (Wildman–Crippen LogP) is 9.09. The van der Waals surface area contributed by atoms with Crippen LogP contribution in [-0.4, -0.2) is 130 Å². The van der Waals surface area contributed by atoms with Gasteiger partial charge in [-0.2, -0.15) is 0 Å². The molecule has 12 heteroatoms. The molecule has 6 aliphatic rings. The van der Waals surface area contributed by atoms with E-state index in [2.05, 4.69) is 0 Å². The zero-order chi connectivity index (χ0) is 79.1. The molecule has 9 rings (SSSR count). The minimum absolute atomic E-state index is 0.148. The second kappa shape index (κ2) is 23.6. The number of methoxy groups -OCH3 is 6. The SMILES string of the molecule is [2H]c1c(OC([2H])([2H])[2H])c(OC)c([2H])c2c1C1N(CC([2H])(CC(C)C)C([2H])(O)C1([2H])[2H])C([2H])([2H])C2([2H])[2H].[2H]c1c(OC)c(OC)c([2H])c2c1C1N(CC([2H])(CC(C)C)C([2H])(O)C1([2H])[2H])C([2H])([2H])C2([2H])[2H].[2H]c1c(OC)c(OC)c([2H])c2c1C1N(CC([2H])(CC(C)C)C([2H])(O)C1([2H])[2H])C([2H])([2H])C2([2H])[2H]. The normalized spacial score (nSPS) is 47.6. The summed E-state index contributed by atoms with van der Waals surface area (Å²) in [7, 11) is 2.65. The van der Waals surface area contributed by atoms with E-state index in [-0.39, 0.29) is 60.0 Å². The van der Waals surface area contributed by atoms with Gasteiger partial charge in [-0.3, -0.25) is 14.7 Å². The second-order valence-corrected chi connectivity index (χ2v) is 18.1. The largest absolute Gasteiger partial charge is 0.493 e. The molecule has 3 aromatic rings. The zero-order valence-corrected chi connectivity index (χ0v) is 40.8. The summed E-state index contributed by atoms with van der Waals surface area (Å²) in [5, 5.41) is 33.4. The molecule has 0 spiro atoms. The van der Waals surface area contributed by atoms with Crippen molar-refractivity contribution in [1.29, 1.82) is 0 Å². The van der Waals surface area contributed by atoms with Gasteiger partial charge in [-0.1, -0.05) is 41.5 Å². The van der Waals surface area contributed by atoms with E-state index in [1.807, 2.05) is 0 Å². The van der Waals surface area contributed by atoms with Crippen molar-refractivity contribution < 1.29 is 89.0 Å². The van der Waals surface area contributed by atoms with Gasteiger partial charge in [0.05, 0.1) is 77.3 Å². The summed E-state index contributed by atoms with van der Waals surface area (Å²) in [6, 6.07) is -9.74. The van der Waals surface area contributed by atoms with Crippen molar-refractivity contribution in [1.82, 2.24) is 14.7 Å². The molecule has 9 atom stereocenters. The lowest BCUT2D eigenvalue weighted by Crippen LogP contribution is -2.48. The van der Waals surface area contributed by atoms with E-state index in [9.17, 15) is 15.3 Å². The Bertz CT molecular complexity index is 3590. The highest BCUT2D eigenvalue weighted by Gasteiger charge is 2.41. The predicted molar refractivity (Wildman–Crippen MR) is 273 cm³/mol. The van der Waals surface area contributed by atoms with Crippen LogP contribution in [0.2, 0.25) is 0 Å². The van der Waals surface area contributed by atoms with E-state index in [4.69, 9.17) is 73.7 Å². The Morgan fingerprint density at radius 2 is 0.754 bits per heavy atom. The number of hydrogen-bond acceptors (Lipinski definition) is 12. The van der Waals surface area contributed by atoms with Crippen LogP contribution in [0.25, 0.3) is 0 Å². The van der Waals surface area contributed by atoms with Gasteiger partial charge in [-0.25, -0.2) is 0 Å². The Morgan fingerprint density at radius 3 is 1.00 bits per heavy atom. The van der Waals surface area contributed by atoms with E-state index >= 15 is 0 Å². The van der Waals surface area contributed by atoms with Crippen molar-refractivity contribution in [2.45, 2.75) is 135 Å². The maximum Gasteiger partial charge on any atom is 0.161 e. The van der Waals surface area contributed by atoms with Crippen LogP contribution in [0, 0.1) is 35.4 Å². The van der Waals surface area contributed by atoms with Crippen molar-refractivity contribution in [2.75, 3.05) is 81.7 Å². The number of benzene rings is 3. The van der Waals surface area contributed by atoms with Crippen LogP contribution in [0.4, 0.5) is 0 Å². The Morgan fingerprint density at radius 1 is 0.493 bits per heavy atom. The van der Waals surface area contributed by atoms with Gasteiger partial charge < -0.3 is 43.7 Å². The molecule has 6 heterocycles. The third-order valence-corrected chi connectivity index (χ3v) is 11.6. The Balaban J connectivity index is 0.000000215. The highest BCUT2D eigenvalue weighted by atomic mass is 16.5. The molecule has 12 nitrogen and oxygen atoms in total. The fourth-order valence-corrected chi connectivity index (χ4v) is 8.52. The summed E-state index contributed by atoms with van der Waals surface area (Å²) in [4.78, 5) is 2.24. The lowest BCUT2D eigenvalue weighted by atomic mass is 9.79. The van der Waals surface area contributed by atoms with Crippen molar-refractivity contribution in [2.24, 2.45) is 35.4 Å². The minimum Gasteiger partial charge on any atom is -0.493 e. The third kappa shape index (κ3) is 12.1. The van der Waals surface area contributed by atoms with Crippen LogP contribution >= 0.6 is 0 Å². The summed E-state index contributed by atoms with van der Waals surface area (Å²) in [6.45, 7) is -0.842. The molecule has 384 valence electrons. The van der Waals surface area contributed by atoms with Crippen LogP contribution in [0.5, 0.6) is 34.5 Å². The van der Waals surface area contributed by atoms with Crippen LogP contribution in [0.15, 0.2) is 36.3 Å². The molecule has 0 saturated carbocycles. The molecule has 0 bridgehead atoms. The number of rotatable bonds is 12. The average Bonchev–Trinajstić information content (AvgIpc) is 0.682. The maximum atomic E-state index is 11.2. The minimum atomic E-state index is -3.19. The molecule has 0 aromatic heterocycles. The molecule has 3 aromatic carbocycles. The van der Waals surface area contributed by atoms with Crippen LogP contribution < -0.4 is 28.4 Å². The van der Waals surface area contributed by atoms with Gasteiger partial charge in [-0.15, -0.1) is 0 Å². The number of ether oxygens (including phenoxy) is 6. The summed E-state index contributed by atoms with van der Waals surface area (Å²) >= 11 is 0. The van der Waals surface area contributed by atoms with Gasteiger partial charge in [0.2, 0.25) is 0 Å². The second-order valence-electron chi connectivity index (χ2n) is 18.1. The number of aliphatic hydroxyl groups is 3. The lowest BCUT2D eigenvalue weighted by Gasteiger charge is -2.46. The molecule has 69 heavy (non-hydrogen) atoms. The molecular weight excluding hydrogens is 871 g/mol. The Labute approximate surface area is 460 Å². The first-order chi connectivity index (χ1) is 45.7. The number of piperidine rings is 3. The Kier molecular flexibility index (Phi) is 8.48. The van der Waals surface area contributed by atoms with E-state index in [0.29, 0.717) is 4.90 Å². The van der Waals surface area contributed by atoms with Crippen molar-refractivity contribution in [3.8, 4) is 34.5 Å². The van der Waals surface area contributed by atoms with E-state index < -0.39 is 220 Å². The van der Waals surface area contributed by atoms with Gasteiger partial charge in [-0.05, 0) is 163 Å². The van der Waals surface area contributed by atoms with Gasteiger partial charge in [0, 0.05) is 86.0 Å². The molecule has 0 amide bonds. The molecule has 3 fully saturated rings. The van der Waals surface area contributed by atoms with Gasteiger partial charge in [0.1, 0.15) is 0 Å². The lowest BCUT2D eigenvalue weighted by molar-refractivity contribution is -0.0192. The number of fused-ring (bicyclic) bond motifs is 9. The first kappa shape index (κ1) is 24.8. The van der Waals surface area contributed by atoms with Gasteiger partial charge in [0.15, 0.2) is 34.5 Å². The number of hydrogen-bond donors (Lipinski definition) is 3. The molecule has 6 aliphatic heterocycles. The smallest absolute Gasteiger partial charge is 0.161 e. The van der Waals surface area contributed by atoms with Crippen LogP contribution in [0.3, 0.4) is 0 Å². The molecule has 0 radical (unpaired) electrons. The van der Waals surface area contributed by atoms with E-state index in [0.717, 1.165) is 16.9 Å². The monoisotopic (exact) mass is 991 g/mol. The van der Waals surface area contributed by atoms with Gasteiger partial charge >= 0.3 is 0 Å². The molecule has 3 N–H and O–H groups in total. The van der Waals surface area contributed by atoms with Crippen molar-refractivity contribution in [3.63, 3.8) is 0 Å². The van der Waals surface area contributed by atoms with Gasteiger partial charge in [0.25, 0.3) is 0 Å². The fourth-order valence-electron chi connectivity index (χ4n) is 8.52. The first-order valence-corrected chi connectivity index (χ1v) is 22.6. The quantitative estimate of drug-likeness (QED) is 0.160. The van der Waals surface area contributed by atoms with E-state index in [1.165, 1.54) is 28.4 Å². The maximum absolute atomic E-state index is 11.2. The zero-order valence-electron chi connectivity index (χ0n) is 73.8. The average molecular weight is 992 g/mol.